The first-order valence-corrected chi connectivity index (χ1v) is 7.24. The summed E-state index contributed by atoms with van der Waals surface area (Å²) >= 11 is 0. The Kier molecular flexibility index (Phi) is 4.93. The van der Waals surface area contributed by atoms with Gasteiger partial charge in [0, 0.05) is 19.1 Å². The number of nitrogens with zero attached hydrogens (tertiary/aromatic N) is 3. The highest BCUT2D eigenvalue weighted by molar-refractivity contribution is 5.85. The summed E-state index contributed by atoms with van der Waals surface area (Å²) in [6.45, 7) is 6.65. The van der Waals surface area contributed by atoms with Gasteiger partial charge in [0.15, 0.2) is 5.82 Å². The van der Waals surface area contributed by atoms with Gasteiger partial charge in [-0.3, -0.25) is 5.32 Å². The number of aromatic nitrogens is 2. The topological polar surface area (TPSA) is 97.1 Å². The summed E-state index contributed by atoms with van der Waals surface area (Å²) in [7, 11) is 0. The van der Waals surface area contributed by atoms with E-state index in [2.05, 4.69) is 15.3 Å². The van der Waals surface area contributed by atoms with E-state index >= 15 is 0 Å². The van der Waals surface area contributed by atoms with Crippen LogP contribution in [0, 0.1) is 11.3 Å². The van der Waals surface area contributed by atoms with Crippen molar-refractivity contribution in [2.75, 3.05) is 18.5 Å². The summed E-state index contributed by atoms with van der Waals surface area (Å²) in [5.74, 6) is 0.988. The Bertz CT molecular complexity index is 583. The minimum atomic E-state index is -0.638. The van der Waals surface area contributed by atoms with Crippen molar-refractivity contribution >= 4 is 11.9 Å². The summed E-state index contributed by atoms with van der Waals surface area (Å²) < 4.78 is 10.5. The van der Waals surface area contributed by atoms with Gasteiger partial charge < -0.3 is 9.47 Å². The number of amides is 1. The summed E-state index contributed by atoms with van der Waals surface area (Å²) in [5, 5.41) is 11.7. The first kappa shape index (κ1) is 16.2. The standard InChI is InChI=1S/C15H20N4O3/c1-15(2,3)22-14(20)19-13-11(8-16)9-17-12(18-13)10-4-6-21-7-5-10/h9-10H,4-7H2,1-3H3,(H,17,18,19,20). The third kappa shape index (κ3) is 4.40. The molecular weight excluding hydrogens is 284 g/mol. The van der Waals surface area contributed by atoms with Crippen LogP contribution in [0.15, 0.2) is 6.20 Å². The Balaban J connectivity index is 2.17. The zero-order chi connectivity index (χ0) is 16.2. The molecular formula is C15H20N4O3. The van der Waals surface area contributed by atoms with Gasteiger partial charge in [0.2, 0.25) is 0 Å². The van der Waals surface area contributed by atoms with Crippen LogP contribution in [0.1, 0.15) is 50.9 Å². The number of rotatable bonds is 2. The van der Waals surface area contributed by atoms with Crippen LogP contribution in [-0.4, -0.2) is 34.9 Å². The predicted octanol–water partition coefficient (Wildman–Crippen LogP) is 2.59. The molecule has 0 bridgehead atoms. The van der Waals surface area contributed by atoms with Crippen LogP contribution in [-0.2, 0) is 9.47 Å². The zero-order valence-corrected chi connectivity index (χ0v) is 13.0. The van der Waals surface area contributed by atoms with Gasteiger partial charge in [-0.2, -0.15) is 5.26 Å². The molecule has 1 fully saturated rings. The molecule has 7 nitrogen and oxygen atoms in total. The minimum absolute atomic E-state index is 0.181. The molecule has 1 aromatic heterocycles. The summed E-state index contributed by atoms with van der Waals surface area (Å²) in [6.07, 6.45) is 2.46. The molecule has 22 heavy (non-hydrogen) atoms. The smallest absolute Gasteiger partial charge is 0.413 e. The lowest BCUT2D eigenvalue weighted by Gasteiger charge is -2.22. The third-order valence-electron chi connectivity index (χ3n) is 3.13. The largest absolute Gasteiger partial charge is 0.444 e. The molecule has 1 N–H and O–H groups in total. The number of anilines is 1. The van der Waals surface area contributed by atoms with E-state index in [1.807, 2.05) is 6.07 Å². The maximum absolute atomic E-state index is 11.9. The Labute approximate surface area is 129 Å². The minimum Gasteiger partial charge on any atom is -0.444 e. The van der Waals surface area contributed by atoms with E-state index in [0.29, 0.717) is 19.0 Å². The summed E-state index contributed by atoms with van der Waals surface area (Å²) in [4.78, 5) is 20.4. The second-order valence-corrected chi connectivity index (χ2v) is 6.12. The van der Waals surface area contributed by atoms with Gasteiger partial charge in [0.05, 0.1) is 6.20 Å². The molecule has 7 heteroatoms. The van der Waals surface area contributed by atoms with E-state index in [1.54, 1.807) is 20.8 Å². The average molecular weight is 304 g/mol. The number of ether oxygens (including phenoxy) is 2. The van der Waals surface area contributed by atoms with Crippen molar-refractivity contribution in [1.29, 1.82) is 5.26 Å². The Morgan fingerprint density at radius 1 is 1.45 bits per heavy atom. The Hall–Kier alpha value is -2.20. The molecule has 2 rings (SSSR count). The number of hydrogen-bond acceptors (Lipinski definition) is 6. The molecule has 1 aromatic rings. The lowest BCUT2D eigenvalue weighted by molar-refractivity contribution is 0.0635. The molecule has 0 saturated carbocycles. The molecule has 1 aliphatic heterocycles. The second-order valence-electron chi connectivity index (χ2n) is 6.12. The van der Waals surface area contributed by atoms with Gasteiger partial charge >= 0.3 is 6.09 Å². The monoisotopic (exact) mass is 304 g/mol. The average Bonchev–Trinajstić information content (AvgIpc) is 2.46. The van der Waals surface area contributed by atoms with Crippen molar-refractivity contribution in [2.24, 2.45) is 0 Å². The molecule has 0 aliphatic carbocycles. The van der Waals surface area contributed by atoms with E-state index in [9.17, 15) is 4.79 Å². The third-order valence-corrected chi connectivity index (χ3v) is 3.13. The highest BCUT2D eigenvalue weighted by Gasteiger charge is 2.22. The summed E-state index contributed by atoms with van der Waals surface area (Å²) in [6, 6.07) is 1.97. The van der Waals surface area contributed by atoms with Crippen molar-refractivity contribution in [3.63, 3.8) is 0 Å². The van der Waals surface area contributed by atoms with Crippen molar-refractivity contribution in [2.45, 2.75) is 45.1 Å². The number of carbonyl (C=O) groups excluding carboxylic acids is 1. The van der Waals surface area contributed by atoms with Crippen molar-refractivity contribution in [3.05, 3.63) is 17.6 Å². The van der Waals surface area contributed by atoms with Crippen LogP contribution in [0.4, 0.5) is 10.6 Å². The molecule has 0 aromatic carbocycles. The lowest BCUT2D eigenvalue weighted by Crippen LogP contribution is -2.28. The fourth-order valence-corrected chi connectivity index (χ4v) is 2.13. The normalized spacial score (nSPS) is 15.9. The van der Waals surface area contributed by atoms with Crippen LogP contribution in [0.3, 0.4) is 0 Å². The molecule has 1 aliphatic rings. The molecule has 1 amide bonds. The fourth-order valence-electron chi connectivity index (χ4n) is 2.13. The van der Waals surface area contributed by atoms with Crippen molar-refractivity contribution in [1.82, 2.24) is 9.97 Å². The van der Waals surface area contributed by atoms with Gasteiger partial charge in [0.1, 0.15) is 23.1 Å². The van der Waals surface area contributed by atoms with E-state index in [-0.39, 0.29) is 17.3 Å². The van der Waals surface area contributed by atoms with E-state index in [0.717, 1.165) is 12.8 Å². The highest BCUT2D eigenvalue weighted by Crippen LogP contribution is 2.25. The Morgan fingerprint density at radius 3 is 2.73 bits per heavy atom. The number of nitrogens with one attached hydrogen (secondary N) is 1. The maximum atomic E-state index is 11.9. The van der Waals surface area contributed by atoms with Crippen LogP contribution >= 0.6 is 0 Å². The van der Waals surface area contributed by atoms with Gasteiger partial charge in [-0.1, -0.05) is 0 Å². The second kappa shape index (κ2) is 6.71. The van der Waals surface area contributed by atoms with Gasteiger partial charge in [-0.25, -0.2) is 14.8 Å². The SMILES string of the molecule is CC(C)(C)OC(=O)Nc1nc(C2CCOCC2)ncc1C#N. The molecule has 0 radical (unpaired) electrons. The number of carbonyl (C=O) groups is 1. The van der Waals surface area contributed by atoms with Crippen LogP contribution < -0.4 is 5.32 Å². The quantitative estimate of drug-likeness (QED) is 0.902. The van der Waals surface area contributed by atoms with Crippen LogP contribution in [0.25, 0.3) is 0 Å². The number of nitriles is 1. The first-order chi connectivity index (χ1) is 10.4. The Morgan fingerprint density at radius 2 is 2.14 bits per heavy atom. The van der Waals surface area contributed by atoms with E-state index < -0.39 is 11.7 Å². The molecule has 0 atom stereocenters. The highest BCUT2D eigenvalue weighted by atomic mass is 16.6. The summed E-state index contributed by atoms with van der Waals surface area (Å²) in [5.41, 5.74) is -0.408. The first-order valence-electron chi connectivity index (χ1n) is 7.24. The molecule has 118 valence electrons. The molecule has 0 spiro atoms. The predicted molar refractivity (Wildman–Crippen MR) is 79.4 cm³/mol. The molecule has 0 unspecified atom stereocenters. The van der Waals surface area contributed by atoms with Crippen molar-refractivity contribution in [3.8, 4) is 6.07 Å². The number of hydrogen-bond donors (Lipinski definition) is 1. The van der Waals surface area contributed by atoms with Crippen LogP contribution in [0.2, 0.25) is 0 Å². The molecule has 1 saturated heterocycles. The maximum Gasteiger partial charge on any atom is 0.413 e. The molecule has 2 heterocycles. The fraction of sp³-hybridized carbons (Fsp3) is 0.600. The van der Waals surface area contributed by atoms with E-state index in [4.69, 9.17) is 14.7 Å². The van der Waals surface area contributed by atoms with Crippen LogP contribution in [0.5, 0.6) is 0 Å². The van der Waals surface area contributed by atoms with Gasteiger partial charge in [-0.15, -0.1) is 0 Å². The lowest BCUT2D eigenvalue weighted by atomic mass is 9.99. The zero-order valence-electron chi connectivity index (χ0n) is 13.0. The van der Waals surface area contributed by atoms with Gasteiger partial charge in [0.25, 0.3) is 0 Å². The van der Waals surface area contributed by atoms with E-state index in [1.165, 1.54) is 6.20 Å². The van der Waals surface area contributed by atoms with Gasteiger partial charge in [-0.05, 0) is 33.6 Å². The van der Waals surface area contributed by atoms with Crippen molar-refractivity contribution < 1.29 is 14.3 Å².